The molecule has 0 spiro atoms. The molecule has 0 unspecified atom stereocenters. The average Bonchev–Trinajstić information content (AvgIpc) is 3.12. The van der Waals surface area contributed by atoms with Crippen LogP contribution < -0.4 is 29.4 Å². The van der Waals surface area contributed by atoms with Crippen LogP contribution in [0.4, 0.5) is 0 Å². The summed E-state index contributed by atoms with van der Waals surface area (Å²) in [6.07, 6.45) is 0. The normalized spacial score (nSPS) is 11.3. The second-order valence-corrected chi connectivity index (χ2v) is 36.6. The van der Waals surface area contributed by atoms with E-state index in [1.807, 2.05) is 0 Å². The van der Waals surface area contributed by atoms with Crippen molar-refractivity contribution in [2.45, 2.75) is 0 Å². The summed E-state index contributed by atoms with van der Waals surface area (Å²) < 4.78 is 13.8. The first-order valence-electron chi connectivity index (χ1n) is 15.2. The second-order valence-electron chi connectivity index (χ2n) is 10.7. The third-order valence-corrected chi connectivity index (χ3v) is 36.3. The molecule has 0 bridgehead atoms. The van der Waals surface area contributed by atoms with Gasteiger partial charge in [0.15, 0.2) is 0 Å². The Morgan fingerprint density at radius 3 is 0.444 bits per heavy atom. The Kier molecular flexibility index (Phi) is 10.4. The number of benzene rings is 7. The van der Waals surface area contributed by atoms with Crippen LogP contribution in [0.1, 0.15) is 0 Å². The summed E-state index contributed by atoms with van der Waals surface area (Å²) in [4.78, 5) is 0. The van der Waals surface area contributed by atoms with Crippen molar-refractivity contribution in [2.24, 2.45) is 0 Å². The summed E-state index contributed by atoms with van der Waals surface area (Å²) in [6, 6.07) is 76.0. The summed E-state index contributed by atoms with van der Waals surface area (Å²) in [5.74, 6) is 0. The van der Waals surface area contributed by atoms with Crippen molar-refractivity contribution >= 4 is 94.7 Å². The van der Waals surface area contributed by atoms with Crippen molar-refractivity contribution in [3.8, 4) is 0 Å². The Morgan fingerprint density at radius 2 is 0.289 bits per heavy atom. The number of hydrogen-bond acceptors (Lipinski definition) is 0. The minimum atomic E-state index is -2.52. The summed E-state index contributed by atoms with van der Waals surface area (Å²) in [5.41, 5.74) is 0. The van der Waals surface area contributed by atoms with Crippen molar-refractivity contribution in [3.05, 3.63) is 200 Å². The molecule has 0 radical (unpaired) electrons. The maximum atomic E-state index is 2.48. The summed E-state index contributed by atoms with van der Waals surface area (Å²) in [7, 11) is 0. The van der Waals surface area contributed by atoms with Gasteiger partial charge in [-0.15, -0.1) is 0 Å². The van der Waals surface area contributed by atoms with Crippen LogP contribution in [0, 0.1) is 0 Å². The molecule has 7 rings (SSSR count). The van der Waals surface area contributed by atoms with Gasteiger partial charge in [0.25, 0.3) is 0 Å². The van der Waals surface area contributed by atoms with Gasteiger partial charge in [-0.25, -0.2) is 0 Å². The van der Waals surface area contributed by atoms with Crippen molar-refractivity contribution in [3.63, 3.8) is 0 Å². The molecule has 45 heavy (non-hydrogen) atoms. The number of hydrogen-bond donors (Lipinski definition) is 0. The van der Waals surface area contributed by atoms with Gasteiger partial charge >= 0.3 is 295 Å². The van der Waals surface area contributed by atoms with Gasteiger partial charge in [0.1, 0.15) is 0 Å². The number of rotatable bonds is 9. The maximum absolute atomic E-state index is 2.52. The molecule has 7 aromatic rings. The van der Waals surface area contributed by atoms with E-state index in [4.69, 9.17) is 0 Å². The molecule has 0 atom stereocenters. The van der Waals surface area contributed by atoms with E-state index in [2.05, 4.69) is 200 Å². The van der Waals surface area contributed by atoms with E-state index in [1.165, 1.54) is 16.4 Å². The van der Waals surface area contributed by atoms with E-state index in [0.29, 0.717) is 0 Å². The van der Waals surface area contributed by atoms with Crippen LogP contribution in [0.3, 0.4) is 0 Å². The molecular formula is C42H33Bi3. The van der Waals surface area contributed by atoms with Crippen LogP contribution in [0.15, 0.2) is 200 Å². The van der Waals surface area contributed by atoms with Crippen LogP contribution in [-0.4, -0.2) is 65.3 Å². The second kappa shape index (κ2) is 15.2. The van der Waals surface area contributed by atoms with Crippen molar-refractivity contribution < 1.29 is 0 Å². The molecule has 0 aliphatic rings. The molecule has 0 amide bonds. The van der Waals surface area contributed by atoms with Gasteiger partial charge in [0, 0.05) is 0 Å². The Balaban J connectivity index is 1.26. The summed E-state index contributed by atoms with van der Waals surface area (Å²) in [5, 5.41) is 0. The molecule has 0 fully saturated rings. The molecule has 7 aromatic carbocycles. The fourth-order valence-electron chi connectivity index (χ4n) is 5.73. The molecular weight excluding hydrogens is 1130 g/mol. The predicted molar refractivity (Wildman–Crippen MR) is 199 cm³/mol. The first-order chi connectivity index (χ1) is 22.3. The van der Waals surface area contributed by atoms with Crippen molar-refractivity contribution in [1.82, 2.24) is 0 Å². The van der Waals surface area contributed by atoms with Gasteiger partial charge in [0.2, 0.25) is 0 Å². The van der Waals surface area contributed by atoms with Gasteiger partial charge in [-0.05, 0) is 0 Å². The predicted octanol–water partition coefficient (Wildman–Crippen LogP) is 3.24. The Labute approximate surface area is 291 Å². The SMILES string of the molecule is c1cc[c]([Bi]([c]2ccccc2)[c]2cc[c]([Bi]([c]3ccccc3)[c]3cc[c]([Bi]([c]4ccccc4)[c]4ccccc4)cc3)cc2)cc1. The zero-order valence-electron chi connectivity index (χ0n) is 24.9. The first-order valence-corrected chi connectivity index (χ1v) is 30.9. The Hall–Kier alpha value is -2.81. The third-order valence-electron chi connectivity index (χ3n) is 7.80. The molecule has 0 heterocycles. The zero-order valence-corrected chi connectivity index (χ0v) is 35.3. The van der Waals surface area contributed by atoms with Crippen LogP contribution in [0.2, 0.25) is 0 Å². The molecule has 3 heteroatoms. The minimum absolute atomic E-state index is 1.53. The standard InChI is InChI=1S/5C6H5.2C6H4.3Bi/c7*1-2-4-6-5-3-1;;;/h5*1-5H;2*1-2,5-6H;;;. The fraction of sp³-hybridized carbons (Fsp3) is 0. The Bertz CT molecular complexity index is 1700. The monoisotopic (exact) mass is 1160 g/mol. The van der Waals surface area contributed by atoms with E-state index in [1.54, 1.807) is 13.1 Å². The molecule has 0 aromatic heterocycles. The van der Waals surface area contributed by atoms with E-state index >= 15 is 0 Å². The average molecular weight is 1160 g/mol. The summed E-state index contributed by atoms with van der Waals surface area (Å²) in [6.45, 7) is 0. The van der Waals surface area contributed by atoms with Gasteiger partial charge < -0.3 is 0 Å². The van der Waals surface area contributed by atoms with E-state index in [9.17, 15) is 0 Å². The molecule has 0 saturated heterocycles. The molecule has 0 aliphatic carbocycles. The Morgan fingerprint density at radius 1 is 0.156 bits per heavy atom. The third kappa shape index (κ3) is 7.28. The van der Waals surface area contributed by atoms with Gasteiger partial charge in [-0.1, -0.05) is 0 Å². The molecule has 0 saturated carbocycles. The quantitative estimate of drug-likeness (QED) is 0.195. The van der Waals surface area contributed by atoms with E-state index in [0.717, 1.165) is 0 Å². The summed E-state index contributed by atoms with van der Waals surface area (Å²) >= 11 is -7.29. The fourth-order valence-corrected chi connectivity index (χ4v) is 32.3. The van der Waals surface area contributed by atoms with Gasteiger partial charge in [-0.2, -0.15) is 0 Å². The van der Waals surface area contributed by atoms with Crippen LogP contribution >= 0.6 is 0 Å². The molecule has 0 nitrogen and oxygen atoms in total. The van der Waals surface area contributed by atoms with Gasteiger partial charge in [-0.3, -0.25) is 0 Å². The topological polar surface area (TPSA) is 0 Å². The first kappa shape index (κ1) is 30.8. The van der Waals surface area contributed by atoms with Gasteiger partial charge in [0.05, 0.1) is 0 Å². The van der Waals surface area contributed by atoms with E-state index in [-0.39, 0.29) is 0 Å². The van der Waals surface area contributed by atoms with Crippen molar-refractivity contribution in [2.75, 3.05) is 0 Å². The van der Waals surface area contributed by atoms with E-state index < -0.39 is 65.3 Å². The molecule has 0 N–H and O–H groups in total. The molecule has 216 valence electrons. The van der Waals surface area contributed by atoms with Crippen LogP contribution in [0.25, 0.3) is 0 Å². The van der Waals surface area contributed by atoms with Crippen LogP contribution in [-0.2, 0) is 0 Å². The zero-order chi connectivity index (χ0) is 30.3. The molecule has 0 aliphatic heterocycles. The van der Waals surface area contributed by atoms with Crippen LogP contribution in [0.5, 0.6) is 0 Å². The van der Waals surface area contributed by atoms with Crippen molar-refractivity contribution in [1.29, 1.82) is 0 Å².